The topological polar surface area (TPSA) is 0 Å². The van der Waals surface area contributed by atoms with Gasteiger partial charge in [0.25, 0.3) is 0 Å². The van der Waals surface area contributed by atoms with Crippen molar-refractivity contribution < 1.29 is 0 Å². The van der Waals surface area contributed by atoms with Gasteiger partial charge in [-0.2, -0.15) is 11.8 Å². The van der Waals surface area contributed by atoms with Gasteiger partial charge in [-0.15, -0.1) is 0 Å². The molecule has 0 atom stereocenters. The summed E-state index contributed by atoms with van der Waals surface area (Å²) < 4.78 is 0. The van der Waals surface area contributed by atoms with Crippen LogP contribution < -0.4 is 0 Å². The summed E-state index contributed by atoms with van der Waals surface area (Å²) in [7, 11) is 0. The van der Waals surface area contributed by atoms with Crippen LogP contribution in [0.5, 0.6) is 0 Å². The first-order chi connectivity index (χ1) is 8.43. The molecule has 0 aliphatic rings. The Kier molecular flexibility index (Phi) is 9.21. The minimum Gasteiger partial charge on any atom is -0.162 e. The Hall–Kier alpha value is -0.430. The minimum atomic E-state index is 1.22. The number of unbranched alkanes of at least 4 members (excludes halogenated alkanes) is 5. The summed E-state index contributed by atoms with van der Waals surface area (Å²) in [6.07, 6.45) is 9.70. The van der Waals surface area contributed by atoms with Crippen LogP contribution in [0.3, 0.4) is 0 Å². The van der Waals surface area contributed by atoms with Gasteiger partial charge < -0.3 is 0 Å². The summed E-state index contributed by atoms with van der Waals surface area (Å²) in [5, 5.41) is 0. The molecule has 0 radical (unpaired) electrons. The van der Waals surface area contributed by atoms with Gasteiger partial charge in [-0.05, 0) is 29.9 Å². The van der Waals surface area contributed by atoms with Crippen molar-refractivity contribution in [1.29, 1.82) is 0 Å². The second kappa shape index (κ2) is 10.7. The zero-order valence-electron chi connectivity index (χ0n) is 11.2. The van der Waals surface area contributed by atoms with Gasteiger partial charge in [0.1, 0.15) is 0 Å². The van der Waals surface area contributed by atoms with Crippen molar-refractivity contribution in [2.24, 2.45) is 0 Å². The highest BCUT2D eigenvalue weighted by molar-refractivity contribution is 7.99. The summed E-state index contributed by atoms with van der Waals surface area (Å²) in [4.78, 5) is 0. The molecule has 1 rings (SSSR count). The lowest BCUT2D eigenvalue weighted by Gasteiger charge is -2.02. The lowest BCUT2D eigenvalue weighted by atomic mass is 10.1. The van der Waals surface area contributed by atoms with Gasteiger partial charge >= 0.3 is 0 Å². The molecular formula is C16H26S. The number of benzene rings is 1. The van der Waals surface area contributed by atoms with E-state index in [-0.39, 0.29) is 0 Å². The van der Waals surface area contributed by atoms with Crippen molar-refractivity contribution >= 4 is 11.8 Å². The van der Waals surface area contributed by atoms with E-state index >= 15 is 0 Å². The zero-order chi connectivity index (χ0) is 12.2. The molecule has 0 fully saturated rings. The van der Waals surface area contributed by atoms with E-state index in [2.05, 4.69) is 49.0 Å². The van der Waals surface area contributed by atoms with Crippen LogP contribution in [-0.4, -0.2) is 11.5 Å². The van der Waals surface area contributed by atoms with Crippen LogP contribution in [0.15, 0.2) is 30.3 Å². The molecule has 0 heterocycles. The maximum atomic E-state index is 2.28. The molecule has 0 saturated heterocycles. The van der Waals surface area contributed by atoms with Crippen molar-refractivity contribution in [2.75, 3.05) is 11.5 Å². The van der Waals surface area contributed by atoms with Crippen molar-refractivity contribution in [3.8, 4) is 0 Å². The van der Waals surface area contributed by atoms with E-state index in [0.717, 1.165) is 0 Å². The van der Waals surface area contributed by atoms with Gasteiger partial charge in [-0.1, -0.05) is 69.4 Å². The van der Waals surface area contributed by atoms with Crippen LogP contribution in [0.2, 0.25) is 0 Å². The fourth-order valence-electron chi connectivity index (χ4n) is 1.92. The fraction of sp³-hybridized carbons (Fsp3) is 0.625. The quantitative estimate of drug-likeness (QED) is 0.506. The highest BCUT2D eigenvalue weighted by atomic mass is 32.2. The molecule has 17 heavy (non-hydrogen) atoms. The average Bonchev–Trinajstić information content (AvgIpc) is 2.38. The molecule has 1 aromatic carbocycles. The summed E-state index contributed by atoms with van der Waals surface area (Å²) in [5.74, 6) is 2.62. The first-order valence-corrected chi connectivity index (χ1v) is 8.20. The number of thioether (sulfide) groups is 1. The molecule has 1 aromatic rings. The second-order valence-corrected chi connectivity index (χ2v) is 5.84. The predicted molar refractivity (Wildman–Crippen MR) is 80.8 cm³/mol. The van der Waals surface area contributed by atoms with Crippen LogP contribution in [0.4, 0.5) is 0 Å². The summed E-state index contributed by atoms with van der Waals surface area (Å²) in [6, 6.07) is 10.8. The second-order valence-electron chi connectivity index (χ2n) is 4.62. The van der Waals surface area contributed by atoms with E-state index < -0.39 is 0 Å². The van der Waals surface area contributed by atoms with Gasteiger partial charge in [0, 0.05) is 0 Å². The highest BCUT2D eigenvalue weighted by Crippen LogP contribution is 2.11. The molecule has 0 nitrogen and oxygen atoms in total. The van der Waals surface area contributed by atoms with Crippen LogP contribution >= 0.6 is 11.8 Å². The normalized spacial score (nSPS) is 10.6. The summed E-state index contributed by atoms with van der Waals surface area (Å²) in [5.41, 5.74) is 1.47. The van der Waals surface area contributed by atoms with E-state index in [4.69, 9.17) is 0 Å². The largest absolute Gasteiger partial charge is 0.162 e. The number of hydrogen-bond acceptors (Lipinski definition) is 1. The fourth-order valence-corrected chi connectivity index (χ4v) is 2.91. The number of hydrogen-bond donors (Lipinski definition) is 0. The van der Waals surface area contributed by atoms with E-state index in [1.54, 1.807) is 0 Å². The van der Waals surface area contributed by atoms with Crippen molar-refractivity contribution in [2.45, 2.75) is 51.9 Å². The van der Waals surface area contributed by atoms with E-state index in [1.165, 1.54) is 62.0 Å². The molecule has 0 saturated carbocycles. The number of aryl methyl sites for hydroxylation is 1. The van der Waals surface area contributed by atoms with Gasteiger partial charge in [0.2, 0.25) is 0 Å². The van der Waals surface area contributed by atoms with Gasteiger partial charge in [-0.3, -0.25) is 0 Å². The summed E-state index contributed by atoms with van der Waals surface area (Å²) >= 11 is 2.11. The predicted octanol–water partition coefficient (Wildman–Crippen LogP) is 5.32. The molecule has 1 heteroatoms. The first kappa shape index (κ1) is 14.6. The lowest BCUT2D eigenvalue weighted by Crippen LogP contribution is -1.90. The first-order valence-electron chi connectivity index (χ1n) is 7.05. The van der Waals surface area contributed by atoms with Crippen molar-refractivity contribution in [3.63, 3.8) is 0 Å². The smallest absolute Gasteiger partial charge is 0.00270 e. The molecule has 0 aliphatic heterocycles. The third kappa shape index (κ3) is 8.31. The maximum absolute atomic E-state index is 2.28. The molecular weight excluding hydrogens is 224 g/mol. The molecule has 0 aliphatic carbocycles. The van der Waals surface area contributed by atoms with Crippen LogP contribution in [-0.2, 0) is 6.42 Å². The summed E-state index contributed by atoms with van der Waals surface area (Å²) in [6.45, 7) is 2.28. The van der Waals surface area contributed by atoms with Gasteiger partial charge in [0.15, 0.2) is 0 Å². The third-order valence-corrected chi connectivity index (χ3v) is 4.09. The Morgan fingerprint density at radius 2 is 1.53 bits per heavy atom. The van der Waals surface area contributed by atoms with Gasteiger partial charge in [0.05, 0.1) is 0 Å². The Balaban J connectivity index is 1.85. The molecule has 0 aromatic heterocycles. The Bertz CT molecular complexity index is 255. The zero-order valence-corrected chi connectivity index (χ0v) is 12.0. The molecule has 0 unspecified atom stereocenters. The Morgan fingerprint density at radius 1 is 0.824 bits per heavy atom. The van der Waals surface area contributed by atoms with E-state index in [0.29, 0.717) is 0 Å². The lowest BCUT2D eigenvalue weighted by molar-refractivity contribution is 0.627. The van der Waals surface area contributed by atoms with Crippen molar-refractivity contribution in [1.82, 2.24) is 0 Å². The maximum Gasteiger partial charge on any atom is -0.00270 e. The standard InChI is InChI=1S/C16H26S/c1-2-3-4-5-6-10-14-17-15-13-16-11-8-7-9-12-16/h7-9,11-12H,2-6,10,13-15H2,1H3. The minimum absolute atomic E-state index is 1.22. The molecule has 0 spiro atoms. The SMILES string of the molecule is CCCCCCCCSCCc1ccccc1. The molecule has 0 bridgehead atoms. The molecule has 96 valence electrons. The van der Waals surface area contributed by atoms with Crippen LogP contribution in [0.25, 0.3) is 0 Å². The molecule has 0 amide bonds. The van der Waals surface area contributed by atoms with E-state index in [1.807, 2.05) is 0 Å². The van der Waals surface area contributed by atoms with Crippen LogP contribution in [0.1, 0.15) is 51.0 Å². The monoisotopic (exact) mass is 250 g/mol. The highest BCUT2D eigenvalue weighted by Gasteiger charge is 1.93. The Labute approximate surface area is 111 Å². The third-order valence-electron chi connectivity index (χ3n) is 3.02. The Morgan fingerprint density at radius 3 is 2.29 bits per heavy atom. The van der Waals surface area contributed by atoms with Gasteiger partial charge in [-0.25, -0.2) is 0 Å². The average molecular weight is 250 g/mol. The van der Waals surface area contributed by atoms with Crippen molar-refractivity contribution in [3.05, 3.63) is 35.9 Å². The van der Waals surface area contributed by atoms with E-state index in [9.17, 15) is 0 Å². The van der Waals surface area contributed by atoms with Crippen LogP contribution in [0, 0.1) is 0 Å². The molecule has 0 N–H and O–H groups in total. The number of rotatable bonds is 10.